The second-order valence-corrected chi connectivity index (χ2v) is 2.60. The van der Waals surface area contributed by atoms with Gasteiger partial charge < -0.3 is 9.15 Å². The lowest BCUT2D eigenvalue weighted by molar-refractivity contribution is 0.342. The van der Waals surface area contributed by atoms with E-state index in [0.717, 1.165) is 22.5 Å². The molecule has 0 unspecified atom stereocenters. The van der Waals surface area contributed by atoms with E-state index < -0.39 is 0 Å². The maximum absolute atomic E-state index is 5.37. The fraction of sp³-hybridized carbons (Fsp3) is 0.333. The average Bonchev–Trinajstić information content (AvgIpc) is 2.46. The summed E-state index contributed by atoms with van der Waals surface area (Å²) in [6.07, 6.45) is 0. The summed E-state index contributed by atoms with van der Waals surface area (Å²) in [6, 6.07) is 3.93. The van der Waals surface area contributed by atoms with E-state index in [9.17, 15) is 0 Å². The van der Waals surface area contributed by atoms with Gasteiger partial charge in [-0.3, -0.25) is 0 Å². The zero-order valence-electron chi connectivity index (χ0n) is 6.68. The number of ether oxygens (including phenoxy) is 1. The van der Waals surface area contributed by atoms with Crippen molar-refractivity contribution in [1.82, 2.24) is 0 Å². The van der Waals surface area contributed by atoms with Crippen LogP contribution < -0.4 is 4.74 Å². The number of aryl methyl sites for hydroxylation is 1. The van der Waals surface area contributed by atoms with Crippen LogP contribution in [0.3, 0.4) is 0 Å². The Morgan fingerprint density at radius 3 is 2.82 bits per heavy atom. The Morgan fingerprint density at radius 2 is 2.27 bits per heavy atom. The molecule has 2 aromatic heterocycles. The molecule has 0 N–H and O–H groups in total. The third-order valence-electron chi connectivity index (χ3n) is 1.73. The molecule has 0 aliphatic carbocycles. The number of hydrogen-bond acceptors (Lipinski definition) is 2. The lowest BCUT2D eigenvalue weighted by Crippen LogP contribution is -1.90. The summed E-state index contributed by atoms with van der Waals surface area (Å²) in [5, 5.41) is 0. The standard InChI is InChI=1S/C9H10O2/c1-3-10-8-5-7-4-6(2)9(8)11-7/h4-5H,3H2,1-2H3. The van der Waals surface area contributed by atoms with E-state index in [-0.39, 0.29) is 0 Å². The molecule has 2 heterocycles. The zero-order chi connectivity index (χ0) is 7.84. The minimum absolute atomic E-state index is 0.694. The van der Waals surface area contributed by atoms with Crippen molar-refractivity contribution in [3.05, 3.63) is 17.7 Å². The van der Waals surface area contributed by atoms with Crippen molar-refractivity contribution in [2.24, 2.45) is 0 Å². The Kier molecular flexibility index (Phi) is 1.28. The van der Waals surface area contributed by atoms with E-state index in [2.05, 4.69) is 0 Å². The highest BCUT2D eigenvalue weighted by Crippen LogP contribution is 2.32. The third-order valence-corrected chi connectivity index (χ3v) is 1.73. The highest BCUT2D eigenvalue weighted by Gasteiger charge is 2.10. The van der Waals surface area contributed by atoms with Gasteiger partial charge >= 0.3 is 0 Å². The second-order valence-electron chi connectivity index (χ2n) is 2.60. The van der Waals surface area contributed by atoms with Crippen LogP contribution in [0.4, 0.5) is 0 Å². The molecule has 0 atom stereocenters. The lowest BCUT2D eigenvalue weighted by atomic mass is 10.2. The molecule has 11 heavy (non-hydrogen) atoms. The van der Waals surface area contributed by atoms with Gasteiger partial charge in [-0.05, 0) is 25.5 Å². The van der Waals surface area contributed by atoms with E-state index in [1.165, 1.54) is 0 Å². The molecule has 0 spiro atoms. The van der Waals surface area contributed by atoms with Gasteiger partial charge in [0.2, 0.25) is 0 Å². The largest absolute Gasteiger partial charge is 0.490 e. The fourth-order valence-corrected chi connectivity index (χ4v) is 1.28. The predicted molar refractivity (Wildman–Crippen MR) is 43.3 cm³/mol. The van der Waals surface area contributed by atoms with Crippen LogP contribution in [0.15, 0.2) is 16.5 Å². The summed E-state index contributed by atoms with van der Waals surface area (Å²) in [5.74, 6) is 0.877. The first kappa shape index (κ1) is 6.53. The number of furan rings is 2. The van der Waals surface area contributed by atoms with Gasteiger partial charge in [-0.2, -0.15) is 0 Å². The van der Waals surface area contributed by atoms with Crippen LogP contribution in [-0.4, -0.2) is 6.61 Å². The van der Waals surface area contributed by atoms with Crippen molar-refractivity contribution in [2.75, 3.05) is 6.61 Å². The van der Waals surface area contributed by atoms with Crippen LogP contribution in [0, 0.1) is 6.92 Å². The Labute approximate surface area is 65.1 Å². The van der Waals surface area contributed by atoms with Crippen molar-refractivity contribution in [2.45, 2.75) is 13.8 Å². The van der Waals surface area contributed by atoms with Gasteiger partial charge in [0, 0.05) is 6.07 Å². The van der Waals surface area contributed by atoms with Gasteiger partial charge in [0.05, 0.1) is 6.61 Å². The summed E-state index contributed by atoms with van der Waals surface area (Å²) < 4.78 is 10.7. The first-order chi connectivity index (χ1) is 5.31. The first-order valence-corrected chi connectivity index (χ1v) is 3.76. The maximum atomic E-state index is 5.37. The van der Waals surface area contributed by atoms with Crippen molar-refractivity contribution in [3.63, 3.8) is 0 Å². The second kappa shape index (κ2) is 2.16. The van der Waals surface area contributed by atoms with E-state index in [1.807, 2.05) is 26.0 Å². The molecule has 0 amide bonds. The average molecular weight is 150 g/mol. The lowest BCUT2D eigenvalue weighted by Gasteiger charge is -1.98. The molecular formula is C9H10O2. The van der Waals surface area contributed by atoms with Crippen LogP contribution in [0.5, 0.6) is 5.75 Å². The highest BCUT2D eigenvalue weighted by atomic mass is 16.5. The summed E-state index contributed by atoms with van der Waals surface area (Å²) in [6.45, 7) is 4.69. The zero-order valence-corrected chi connectivity index (χ0v) is 6.68. The number of benzene rings is 1. The van der Waals surface area contributed by atoms with Crippen molar-refractivity contribution in [3.8, 4) is 5.75 Å². The smallest absolute Gasteiger partial charge is 0.172 e. The summed E-state index contributed by atoms with van der Waals surface area (Å²) in [5.41, 5.74) is 2.95. The summed E-state index contributed by atoms with van der Waals surface area (Å²) in [4.78, 5) is 0. The molecule has 2 bridgehead atoms. The van der Waals surface area contributed by atoms with Gasteiger partial charge in [0.25, 0.3) is 0 Å². The van der Waals surface area contributed by atoms with Crippen LogP contribution in [0.1, 0.15) is 12.5 Å². The SMILES string of the molecule is CCOc1cc2cc(C)c1o2. The third kappa shape index (κ3) is 0.862. The van der Waals surface area contributed by atoms with Crippen molar-refractivity contribution < 1.29 is 9.15 Å². The molecule has 0 radical (unpaired) electrons. The molecule has 0 aliphatic heterocycles. The van der Waals surface area contributed by atoms with Crippen LogP contribution in [0.25, 0.3) is 11.2 Å². The van der Waals surface area contributed by atoms with Gasteiger partial charge in [-0.15, -0.1) is 0 Å². The Morgan fingerprint density at radius 1 is 1.45 bits per heavy atom. The van der Waals surface area contributed by atoms with Crippen LogP contribution in [0.2, 0.25) is 0 Å². The number of rotatable bonds is 2. The highest BCUT2D eigenvalue weighted by molar-refractivity contribution is 5.74. The molecule has 0 saturated heterocycles. The molecular weight excluding hydrogens is 140 g/mol. The van der Waals surface area contributed by atoms with Crippen molar-refractivity contribution in [1.29, 1.82) is 0 Å². The summed E-state index contributed by atoms with van der Waals surface area (Å²) in [7, 11) is 0. The number of hydrogen-bond donors (Lipinski definition) is 0. The van der Waals surface area contributed by atoms with Crippen LogP contribution >= 0.6 is 0 Å². The minimum Gasteiger partial charge on any atom is -0.490 e. The molecule has 0 aliphatic rings. The Bertz CT molecular complexity index is 348. The quantitative estimate of drug-likeness (QED) is 0.656. The van der Waals surface area contributed by atoms with Crippen molar-refractivity contribution >= 4 is 11.2 Å². The molecule has 2 rings (SSSR count). The Balaban J connectivity index is 2.49. The van der Waals surface area contributed by atoms with E-state index in [1.54, 1.807) is 0 Å². The van der Waals surface area contributed by atoms with Gasteiger partial charge in [0.1, 0.15) is 5.58 Å². The monoisotopic (exact) mass is 150 g/mol. The predicted octanol–water partition coefficient (Wildman–Crippen LogP) is 2.58. The number of fused-ring (bicyclic) bond motifs is 2. The maximum Gasteiger partial charge on any atom is 0.172 e. The molecule has 0 fully saturated rings. The fourth-order valence-electron chi connectivity index (χ4n) is 1.28. The van der Waals surface area contributed by atoms with E-state index in [0.29, 0.717) is 6.61 Å². The minimum atomic E-state index is 0.694. The molecule has 58 valence electrons. The molecule has 0 saturated carbocycles. The molecule has 2 aromatic rings. The molecule has 2 heteroatoms. The topological polar surface area (TPSA) is 22.4 Å². The molecule has 2 nitrogen and oxygen atoms in total. The normalized spacial score (nSPS) is 11.1. The van der Waals surface area contributed by atoms with Gasteiger partial charge in [-0.25, -0.2) is 0 Å². The van der Waals surface area contributed by atoms with Gasteiger partial charge in [-0.1, -0.05) is 0 Å². The first-order valence-electron chi connectivity index (χ1n) is 3.76. The molecule has 0 aromatic carbocycles. The summed E-state index contributed by atoms with van der Waals surface area (Å²) >= 11 is 0. The van der Waals surface area contributed by atoms with E-state index >= 15 is 0 Å². The Hall–Kier alpha value is -1.18. The van der Waals surface area contributed by atoms with E-state index in [4.69, 9.17) is 9.15 Å². The van der Waals surface area contributed by atoms with Gasteiger partial charge in [0.15, 0.2) is 11.3 Å². The van der Waals surface area contributed by atoms with Crippen LogP contribution in [-0.2, 0) is 0 Å².